The van der Waals surface area contributed by atoms with E-state index in [-0.39, 0.29) is 41.2 Å². The highest BCUT2D eigenvalue weighted by molar-refractivity contribution is 5.89. The fourth-order valence-electron chi connectivity index (χ4n) is 11.3. The molecule has 7 bridgehead atoms. The summed E-state index contributed by atoms with van der Waals surface area (Å²) in [6.45, 7) is 4.23. The van der Waals surface area contributed by atoms with Crippen molar-refractivity contribution in [2.75, 3.05) is 33.9 Å². The summed E-state index contributed by atoms with van der Waals surface area (Å²) >= 11 is 0. The molecule has 1 aromatic carbocycles. The van der Waals surface area contributed by atoms with Gasteiger partial charge in [0.15, 0.2) is 0 Å². The molecule has 5 saturated carbocycles. The van der Waals surface area contributed by atoms with E-state index in [0.717, 1.165) is 19.5 Å². The first-order valence-electron chi connectivity index (χ1n) is 14.4. The molecule has 3 N–H and O–H groups in total. The number of benzene rings is 1. The van der Waals surface area contributed by atoms with E-state index in [1.54, 1.807) is 26.4 Å². The molecule has 0 radical (unpaired) electrons. The summed E-state index contributed by atoms with van der Waals surface area (Å²) in [6.07, 6.45) is 0.326. The average molecular weight is 528 g/mol. The number of methoxy groups -OCH3 is 2. The number of hydrogen-bond donors (Lipinski definition) is 3. The van der Waals surface area contributed by atoms with E-state index in [1.807, 2.05) is 18.2 Å². The van der Waals surface area contributed by atoms with E-state index in [1.165, 1.54) is 0 Å². The van der Waals surface area contributed by atoms with Gasteiger partial charge in [-0.15, -0.1) is 0 Å². The third-order valence-electron chi connectivity index (χ3n) is 12.1. The number of ether oxygens (including phenoxy) is 3. The predicted molar refractivity (Wildman–Crippen MR) is 137 cm³/mol. The molecule has 8 heteroatoms. The molecule has 1 spiro atoms. The van der Waals surface area contributed by atoms with Crippen LogP contribution in [0.25, 0.3) is 0 Å². The molecule has 5 aliphatic carbocycles. The van der Waals surface area contributed by atoms with Crippen molar-refractivity contribution in [1.82, 2.24) is 4.90 Å². The summed E-state index contributed by atoms with van der Waals surface area (Å²) in [5, 5.41) is 37.1. The average Bonchev–Trinajstić information content (AvgIpc) is 3.34. The summed E-state index contributed by atoms with van der Waals surface area (Å²) < 4.78 is 18.1. The molecule has 6 fully saturated rings. The summed E-state index contributed by atoms with van der Waals surface area (Å²) in [7, 11) is 3.38. The van der Waals surface area contributed by atoms with Gasteiger partial charge in [-0.2, -0.15) is 0 Å². The number of hydrogen-bond acceptors (Lipinski definition) is 8. The molecule has 1 unspecified atom stereocenters. The Hall–Kier alpha value is -1.55. The maximum Gasteiger partial charge on any atom is 0.338 e. The number of rotatable bonds is 6. The molecular weight excluding hydrogens is 486 g/mol. The minimum atomic E-state index is -1.27. The van der Waals surface area contributed by atoms with Gasteiger partial charge < -0.3 is 29.5 Å². The number of fused-ring (bicyclic) bond motifs is 2. The fourth-order valence-corrected chi connectivity index (χ4v) is 11.3. The minimum absolute atomic E-state index is 0.0736. The Labute approximate surface area is 224 Å². The molecule has 1 heterocycles. The highest BCUT2D eigenvalue weighted by Gasteiger charge is 2.86. The van der Waals surface area contributed by atoms with Gasteiger partial charge in [0.2, 0.25) is 0 Å². The van der Waals surface area contributed by atoms with Gasteiger partial charge >= 0.3 is 5.97 Å². The first-order valence-corrected chi connectivity index (χ1v) is 14.4. The number of nitrogens with zero attached hydrogens (tertiary/aromatic N) is 1. The monoisotopic (exact) mass is 527 g/mol. The van der Waals surface area contributed by atoms with E-state index in [2.05, 4.69) is 11.8 Å². The minimum Gasteiger partial charge on any atom is -0.458 e. The first-order chi connectivity index (χ1) is 18.3. The van der Waals surface area contributed by atoms with Crippen LogP contribution in [-0.4, -0.2) is 96.2 Å². The molecule has 208 valence electrons. The number of piperidine rings is 1. The molecule has 7 rings (SSSR count). The molecule has 6 aliphatic rings. The molecule has 13 atom stereocenters. The quantitative estimate of drug-likeness (QED) is 0.480. The number of esters is 1. The van der Waals surface area contributed by atoms with E-state index in [9.17, 15) is 20.1 Å². The van der Waals surface area contributed by atoms with Crippen LogP contribution in [0.1, 0.15) is 43.0 Å². The van der Waals surface area contributed by atoms with Crippen molar-refractivity contribution in [2.24, 2.45) is 40.4 Å². The third-order valence-corrected chi connectivity index (χ3v) is 12.1. The van der Waals surface area contributed by atoms with Crippen LogP contribution >= 0.6 is 0 Å². The standard InChI is InChI=1S/C30H41NO7/c1-4-31-14-28(15-36-2)11-10-20(32)30-18-12-17-19(37-3)13-29(35,22(26(30)31)23(33)25(28)30)21(18)24(17)38-27(34)16-8-6-5-7-9-16/h5-9,17-26,32-33,35H,4,10-15H2,1-3H3/t17-,18-,19+,20+,21-,22+,23+,24+,25-,26-,28+,29-,30?/m1/s1. The molecular formula is C30H41NO7. The van der Waals surface area contributed by atoms with Crippen molar-refractivity contribution in [2.45, 2.75) is 68.7 Å². The number of likely N-dealkylation sites (tertiary alicyclic amines) is 1. The van der Waals surface area contributed by atoms with Crippen molar-refractivity contribution in [3.63, 3.8) is 0 Å². The Kier molecular flexibility index (Phi) is 5.67. The van der Waals surface area contributed by atoms with Gasteiger partial charge in [-0.3, -0.25) is 4.90 Å². The Morgan fingerprint density at radius 2 is 1.92 bits per heavy atom. The zero-order chi connectivity index (χ0) is 26.6. The Morgan fingerprint density at radius 1 is 1.16 bits per heavy atom. The van der Waals surface area contributed by atoms with Crippen LogP contribution in [0.15, 0.2) is 30.3 Å². The molecule has 0 amide bonds. The van der Waals surface area contributed by atoms with Crippen LogP contribution in [0.5, 0.6) is 0 Å². The molecule has 0 aromatic heterocycles. The van der Waals surface area contributed by atoms with Gasteiger partial charge in [-0.1, -0.05) is 25.1 Å². The predicted octanol–water partition coefficient (Wildman–Crippen LogP) is 1.71. The summed E-state index contributed by atoms with van der Waals surface area (Å²) in [5.74, 6) is -1.58. The number of carbonyl (C=O) groups excluding carboxylic acids is 1. The van der Waals surface area contributed by atoms with Crippen LogP contribution in [-0.2, 0) is 14.2 Å². The lowest BCUT2D eigenvalue weighted by atomic mass is 9.43. The Morgan fingerprint density at radius 3 is 2.61 bits per heavy atom. The molecule has 1 aromatic rings. The van der Waals surface area contributed by atoms with Crippen LogP contribution < -0.4 is 0 Å². The van der Waals surface area contributed by atoms with Gasteiger partial charge in [0.25, 0.3) is 0 Å². The SMILES string of the molecule is CCN1C[C@]2(COC)CC[C@H](O)C34[C@@H]5C[C@H]6[C@H](OC(=O)c7ccccc7)[C@@H]5[C@](O)(C[C@@H]6OC)[C@@H]([C@H](O)[C@@H]32)[C@@H]14. The smallest absolute Gasteiger partial charge is 0.338 e. The Bertz CT molecular complexity index is 1100. The lowest BCUT2D eigenvalue weighted by Gasteiger charge is -2.68. The first kappa shape index (κ1) is 25.4. The van der Waals surface area contributed by atoms with Gasteiger partial charge in [0.1, 0.15) is 6.10 Å². The second-order valence-electron chi connectivity index (χ2n) is 13.1. The van der Waals surface area contributed by atoms with E-state index >= 15 is 0 Å². The highest BCUT2D eigenvalue weighted by Crippen LogP contribution is 2.79. The van der Waals surface area contributed by atoms with Gasteiger partial charge in [-0.25, -0.2) is 4.79 Å². The van der Waals surface area contributed by atoms with Crippen LogP contribution in [0, 0.1) is 40.4 Å². The lowest BCUT2D eigenvalue weighted by Crippen LogP contribution is -2.76. The molecule has 1 saturated heterocycles. The summed E-state index contributed by atoms with van der Waals surface area (Å²) in [5.41, 5.74) is -1.68. The molecule has 1 aliphatic heterocycles. The van der Waals surface area contributed by atoms with E-state index < -0.39 is 41.2 Å². The second kappa shape index (κ2) is 8.48. The van der Waals surface area contributed by atoms with Crippen molar-refractivity contribution in [1.29, 1.82) is 0 Å². The fraction of sp³-hybridized carbons (Fsp3) is 0.767. The van der Waals surface area contributed by atoms with Crippen molar-refractivity contribution >= 4 is 5.97 Å². The number of aliphatic hydroxyl groups excluding tert-OH is 2. The number of carbonyl (C=O) groups is 1. The summed E-state index contributed by atoms with van der Waals surface area (Å²) in [6, 6.07) is 8.85. The van der Waals surface area contributed by atoms with E-state index in [4.69, 9.17) is 14.2 Å². The normalized spacial score (nSPS) is 52.2. The molecule has 8 nitrogen and oxygen atoms in total. The van der Waals surface area contributed by atoms with Crippen molar-refractivity contribution in [3.8, 4) is 0 Å². The highest BCUT2D eigenvalue weighted by atomic mass is 16.6. The molecule has 38 heavy (non-hydrogen) atoms. The largest absolute Gasteiger partial charge is 0.458 e. The maximum absolute atomic E-state index is 13.3. The van der Waals surface area contributed by atoms with Gasteiger partial charge in [-0.05, 0) is 43.9 Å². The van der Waals surface area contributed by atoms with Crippen molar-refractivity contribution < 1.29 is 34.3 Å². The van der Waals surface area contributed by atoms with Gasteiger partial charge in [0, 0.05) is 67.7 Å². The zero-order valence-corrected chi connectivity index (χ0v) is 22.5. The zero-order valence-electron chi connectivity index (χ0n) is 22.5. The lowest BCUT2D eigenvalue weighted by molar-refractivity contribution is -0.272. The van der Waals surface area contributed by atoms with Gasteiger partial charge in [0.05, 0.1) is 36.1 Å². The summed E-state index contributed by atoms with van der Waals surface area (Å²) in [4.78, 5) is 15.8. The van der Waals surface area contributed by atoms with Crippen LogP contribution in [0.3, 0.4) is 0 Å². The second-order valence-corrected chi connectivity index (χ2v) is 13.1. The van der Waals surface area contributed by atoms with E-state index in [0.29, 0.717) is 31.4 Å². The maximum atomic E-state index is 13.3. The number of aliphatic hydroxyl groups is 3. The van der Waals surface area contributed by atoms with Crippen LogP contribution in [0.2, 0.25) is 0 Å². The third kappa shape index (κ3) is 2.84. The Balaban J connectivity index is 1.39. The topological polar surface area (TPSA) is 109 Å². The van der Waals surface area contributed by atoms with Crippen molar-refractivity contribution in [3.05, 3.63) is 35.9 Å². The van der Waals surface area contributed by atoms with Crippen LogP contribution in [0.4, 0.5) is 0 Å².